The zero-order chi connectivity index (χ0) is 12.4. The summed E-state index contributed by atoms with van der Waals surface area (Å²) in [7, 11) is 0. The molecule has 3 heteroatoms. The van der Waals surface area contributed by atoms with Gasteiger partial charge in [0.05, 0.1) is 6.26 Å². The third-order valence-electron chi connectivity index (χ3n) is 3.29. The third kappa shape index (κ3) is 2.12. The fraction of sp³-hybridized carbons (Fsp3) is 0.286. The molecule has 3 N–H and O–H groups in total. The molecule has 0 saturated carbocycles. The van der Waals surface area contributed by atoms with E-state index in [1.54, 1.807) is 6.26 Å². The van der Waals surface area contributed by atoms with E-state index in [1.165, 1.54) is 11.1 Å². The number of benzene rings is 1. The Morgan fingerprint density at radius 3 is 2.47 bits per heavy atom. The highest BCUT2D eigenvalue weighted by Crippen LogP contribution is 2.28. The topological polar surface area (TPSA) is 51.2 Å². The lowest BCUT2D eigenvalue weighted by atomic mass is 9.95. The van der Waals surface area contributed by atoms with Crippen LogP contribution in [0.4, 0.5) is 0 Å². The minimum atomic E-state index is -0.0927. The Bertz CT molecular complexity index is 517. The van der Waals surface area contributed by atoms with Gasteiger partial charge in [-0.2, -0.15) is 0 Å². The van der Waals surface area contributed by atoms with Crippen molar-refractivity contribution >= 4 is 0 Å². The van der Waals surface area contributed by atoms with Crippen LogP contribution in [0.5, 0.6) is 0 Å². The fourth-order valence-electron chi connectivity index (χ4n) is 2.07. The minimum Gasteiger partial charge on any atom is -0.467 e. The maximum Gasteiger partial charge on any atom is 0.129 e. The quantitative estimate of drug-likeness (QED) is 0.629. The first-order valence-corrected chi connectivity index (χ1v) is 5.71. The van der Waals surface area contributed by atoms with Crippen molar-refractivity contribution in [3.05, 3.63) is 58.5 Å². The van der Waals surface area contributed by atoms with Crippen molar-refractivity contribution in [2.45, 2.75) is 26.8 Å². The number of hydrazine groups is 1. The molecule has 0 aliphatic heterocycles. The summed E-state index contributed by atoms with van der Waals surface area (Å²) in [6, 6.07) is 8.08. The van der Waals surface area contributed by atoms with Crippen molar-refractivity contribution in [1.29, 1.82) is 0 Å². The number of nitrogens with two attached hydrogens (primary N) is 1. The molecule has 17 heavy (non-hydrogen) atoms. The Balaban J connectivity index is 2.50. The molecule has 0 aliphatic rings. The fourth-order valence-corrected chi connectivity index (χ4v) is 2.07. The standard InChI is InChI=1S/C14H18N2O/c1-9-5-4-6-12(11(9)3)13(16-15)14-10(2)7-8-17-14/h4-8,13,16H,15H2,1-3H3. The van der Waals surface area contributed by atoms with Gasteiger partial charge in [-0.15, -0.1) is 0 Å². The summed E-state index contributed by atoms with van der Waals surface area (Å²) < 4.78 is 5.52. The van der Waals surface area contributed by atoms with E-state index in [0.717, 1.165) is 16.9 Å². The van der Waals surface area contributed by atoms with Gasteiger partial charge in [0.1, 0.15) is 11.8 Å². The monoisotopic (exact) mass is 230 g/mol. The Morgan fingerprint density at radius 2 is 1.88 bits per heavy atom. The second-order valence-corrected chi connectivity index (χ2v) is 4.36. The van der Waals surface area contributed by atoms with E-state index in [1.807, 2.05) is 19.1 Å². The maximum absolute atomic E-state index is 5.67. The number of hydrogen-bond donors (Lipinski definition) is 2. The molecule has 0 bridgehead atoms. The van der Waals surface area contributed by atoms with Crippen LogP contribution < -0.4 is 11.3 Å². The SMILES string of the molecule is Cc1ccoc1C(NN)c1cccc(C)c1C. The molecule has 0 amide bonds. The lowest BCUT2D eigenvalue weighted by Crippen LogP contribution is -2.29. The van der Waals surface area contributed by atoms with Gasteiger partial charge in [-0.3, -0.25) is 5.84 Å². The van der Waals surface area contributed by atoms with E-state index in [-0.39, 0.29) is 6.04 Å². The van der Waals surface area contributed by atoms with Crippen molar-refractivity contribution in [1.82, 2.24) is 5.43 Å². The lowest BCUT2D eigenvalue weighted by molar-refractivity contribution is 0.448. The first kappa shape index (κ1) is 11.9. The van der Waals surface area contributed by atoms with Crippen LogP contribution in [0.2, 0.25) is 0 Å². The number of furan rings is 1. The van der Waals surface area contributed by atoms with Crippen molar-refractivity contribution in [3.63, 3.8) is 0 Å². The van der Waals surface area contributed by atoms with E-state index in [9.17, 15) is 0 Å². The van der Waals surface area contributed by atoms with E-state index >= 15 is 0 Å². The van der Waals surface area contributed by atoms with Gasteiger partial charge in [-0.1, -0.05) is 18.2 Å². The van der Waals surface area contributed by atoms with E-state index in [4.69, 9.17) is 10.3 Å². The molecule has 2 aromatic rings. The van der Waals surface area contributed by atoms with Crippen LogP contribution in [0, 0.1) is 20.8 Å². The molecule has 1 aromatic carbocycles. The zero-order valence-electron chi connectivity index (χ0n) is 10.4. The van der Waals surface area contributed by atoms with Crippen LogP contribution in [0.25, 0.3) is 0 Å². The van der Waals surface area contributed by atoms with Crippen LogP contribution in [0.3, 0.4) is 0 Å². The van der Waals surface area contributed by atoms with Gasteiger partial charge in [0.2, 0.25) is 0 Å². The molecule has 90 valence electrons. The molecule has 0 fully saturated rings. The summed E-state index contributed by atoms with van der Waals surface area (Å²) in [5.74, 6) is 6.55. The van der Waals surface area contributed by atoms with Crippen LogP contribution in [-0.2, 0) is 0 Å². The molecule has 1 unspecified atom stereocenters. The molecule has 3 nitrogen and oxygen atoms in total. The molecule has 1 atom stereocenters. The van der Waals surface area contributed by atoms with Crippen LogP contribution in [-0.4, -0.2) is 0 Å². The van der Waals surface area contributed by atoms with Crippen molar-refractivity contribution in [2.75, 3.05) is 0 Å². The number of hydrogen-bond acceptors (Lipinski definition) is 3. The number of aryl methyl sites for hydroxylation is 2. The average molecular weight is 230 g/mol. The number of rotatable bonds is 3. The molecule has 0 spiro atoms. The highest BCUT2D eigenvalue weighted by molar-refractivity contribution is 5.39. The lowest BCUT2D eigenvalue weighted by Gasteiger charge is -2.18. The highest BCUT2D eigenvalue weighted by atomic mass is 16.3. The van der Waals surface area contributed by atoms with Crippen molar-refractivity contribution < 1.29 is 4.42 Å². The van der Waals surface area contributed by atoms with Gasteiger partial charge in [0, 0.05) is 0 Å². The molecule has 1 heterocycles. The van der Waals surface area contributed by atoms with Crippen LogP contribution in [0.15, 0.2) is 34.9 Å². The molecule has 0 radical (unpaired) electrons. The average Bonchev–Trinajstić information content (AvgIpc) is 2.72. The Hall–Kier alpha value is -1.58. The van der Waals surface area contributed by atoms with Gasteiger partial charge in [-0.25, -0.2) is 5.43 Å². The Morgan fingerprint density at radius 1 is 1.12 bits per heavy atom. The maximum atomic E-state index is 5.67. The predicted octanol–water partition coefficient (Wildman–Crippen LogP) is 2.76. The normalized spacial score (nSPS) is 12.7. The first-order valence-electron chi connectivity index (χ1n) is 5.71. The van der Waals surface area contributed by atoms with Crippen molar-refractivity contribution in [2.24, 2.45) is 5.84 Å². The Kier molecular flexibility index (Phi) is 3.31. The summed E-state index contributed by atoms with van der Waals surface area (Å²) in [5.41, 5.74) is 7.60. The molecular weight excluding hydrogens is 212 g/mol. The van der Waals surface area contributed by atoms with Gasteiger partial charge < -0.3 is 4.42 Å². The Labute approximate surface area is 102 Å². The van der Waals surface area contributed by atoms with Crippen molar-refractivity contribution in [3.8, 4) is 0 Å². The van der Waals surface area contributed by atoms with Gasteiger partial charge in [-0.05, 0) is 49.1 Å². The highest BCUT2D eigenvalue weighted by Gasteiger charge is 2.19. The third-order valence-corrected chi connectivity index (χ3v) is 3.29. The molecular formula is C14H18N2O. The summed E-state index contributed by atoms with van der Waals surface area (Å²) in [4.78, 5) is 0. The summed E-state index contributed by atoms with van der Waals surface area (Å²) >= 11 is 0. The van der Waals surface area contributed by atoms with Crippen LogP contribution in [0.1, 0.15) is 34.1 Å². The van der Waals surface area contributed by atoms with Gasteiger partial charge in [0.15, 0.2) is 0 Å². The second-order valence-electron chi connectivity index (χ2n) is 4.36. The second kappa shape index (κ2) is 4.73. The number of nitrogens with one attached hydrogen (secondary N) is 1. The molecule has 0 aliphatic carbocycles. The molecule has 0 saturated heterocycles. The zero-order valence-corrected chi connectivity index (χ0v) is 10.4. The van der Waals surface area contributed by atoms with E-state index < -0.39 is 0 Å². The molecule has 1 aromatic heterocycles. The first-order chi connectivity index (χ1) is 8.15. The van der Waals surface area contributed by atoms with Gasteiger partial charge >= 0.3 is 0 Å². The summed E-state index contributed by atoms with van der Waals surface area (Å²) in [6.45, 7) is 6.23. The van der Waals surface area contributed by atoms with E-state index in [2.05, 4.69) is 31.4 Å². The van der Waals surface area contributed by atoms with Gasteiger partial charge in [0.25, 0.3) is 0 Å². The summed E-state index contributed by atoms with van der Waals surface area (Å²) in [5, 5.41) is 0. The van der Waals surface area contributed by atoms with E-state index in [0.29, 0.717) is 0 Å². The largest absolute Gasteiger partial charge is 0.467 e. The van der Waals surface area contributed by atoms with Crippen LogP contribution >= 0.6 is 0 Å². The smallest absolute Gasteiger partial charge is 0.129 e. The predicted molar refractivity (Wildman–Crippen MR) is 68.5 cm³/mol. The summed E-state index contributed by atoms with van der Waals surface area (Å²) in [6.07, 6.45) is 1.69. The minimum absolute atomic E-state index is 0.0927. The molecule has 2 rings (SSSR count).